The molecule has 1 aliphatic heterocycles. The van der Waals surface area contributed by atoms with Crippen molar-refractivity contribution in [1.29, 1.82) is 0 Å². The van der Waals surface area contributed by atoms with E-state index in [1.807, 2.05) is 4.90 Å². The van der Waals surface area contributed by atoms with E-state index in [1.165, 1.54) is 24.3 Å². The molecular weight excluding hydrogens is 297 g/mol. The summed E-state index contributed by atoms with van der Waals surface area (Å²) in [5, 5.41) is 0. The van der Waals surface area contributed by atoms with Gasteiger partial charge < -0.3 is 14.5 Å². The van der Waals surface area contributed by atoms with Crippen molar-refractivity contribution < 1.29 is 22.7 Å². The van der Waals surface area contributed by atoms with Gasteiger partial charge in [-0.2, -0.15) is 0 Å². The number of anilines is 1. The molecular formula is C15H19F3N2O2. The molecule has 22 heavy (non-hydrogen) atoms. The van der Waals surface area contributed by atoms with E-state index in [0.29, 0.717) is 5.69 Å². The predicted octanol–water partition coefficient (Wildman–Crippen LogP) is 3.03. The number of carbonyl (C=O) groups excluding carboxylic acids is 1. The maximum Gasteiger partial charge on any atom is 0.573 e. The molecule has 0 unspecified atom stereocenters. The number of benzene rings is 1. The van der Waals surface area contributed by atoms with Crippen molar-refractivity contribution in [1.82, 2.24) is 4.90 Å². The molecule has 0 N–H and O–H groups in total. The lowest BCUT2D eigenvalue weighted by Gasteiger charge is -2.29. The first-order valence-corrected chi connectivity index (χ1v) is 7.20. The van der Waals surface area contributed by atoms with Crippen LogP contribution in [0.3, 0.4) is 0 Å². The van der Waals surface area contributed by atoms with E-state index >= 15 is 0 Å². The van der Waals surface area contributed by atoms with Crippen LogP contribution in [0.15, 0.2) is 24.3 Å². The van der Waals surface area contributed by atoms with E-state index < -0.39 is 6.36 Å². The van der Waals surface area contributed by atoms with Gasteiger partial charge in [-0.15, -0.1) is 13.2 Å². The number of ether oxygens (including phenoxy) is 1. The Morgan fingerprint density at radius 3 is 2.32 bits per heavy atom. The standard InChI is InChI=1S/C15H19F3N2O2/c1-19(11-14(21)20-9-3-2-4-10-20)12-5-7-13(8-6-12)22-15(16,17)18/h5-8H,2-4,9-11H2,1H3. The largest absolute Gasteiger partial charge is 0.573 e. The zero-order valence-electron chi connectivity index (χ0n) is 12.4. The summed E-state index contributed by atoms with van der Waals surface area (Å²) in [7, 11) is 1.74. The fourth-order valence-corrected chi connectivity index (χ4v) is 2.44. The van der Waals surface area contributed by atoms with Crippen LogP contribution >= 0.6 is 0 Å². The third kappa shape index (κ3) is 4.82. The molecule has 1 fully saturated rings. The van der Waals surface area contributed by atoms with Crippen molar-refractivity contribution in [3.8, 4) is 5.75 Å². The van der Waals surface area contributed by atoms with E-state index in [2.05, 4.69) is 4.74 Å². The SMILES string of the molecule is CN(CC(=O)N1CCCCC1)c1ccc(OC(F)(F)F)cc1. The van der Waals surface area contributed by atoms with E-state index in [4.69, 9.17) is 0 Å². The van der Waals surface area contributed by atoms with Gasteiger partial charge in [0, 0.05) is 25.8 Å². The Balaban J connectivity index is 1.91. The molecule has 0 radical (unpaired) electrons. The highest BCUT2D eigenvalue weighted by Crippen LogP contribution is 2.25. The average molecular weight is 316 g/mol. The first kappa shape index (κ1) is 16.5. The monoisotopic (exact) mass is 316 g/mol. The summed E-state index contributed by atoms with van der Waals surface area (Å²) in [6, 6.07) is 5.49. The quantitative estimate of drug-likeness (QED) is 0.856. The van der Waals surface area contributed by atoms with Gasteiger partial charge in [-0.25, -0.2) is 0 Å². The smallest absolute Gasteiger partial charge is 0.406 e. The van der Waals surface area contributed by atoms with Crippen molar-refractivity contribution in [3.05, 3.63) is 24.3 Å². The molecule has 7 heteroatoms. The fourth-order valence-electron chi connectivity index (χ4n) is 2.44. The van der Waals surface area contributed by atoms with Crippen LogP contribution < -0.4 is 9.64 Å². The molecule has 1 heterocycles. The summed E-state index contributed by atoms with van der Waals surface area (Å²) in [5.41, 5.74) is 0.667. The van der Waals surface area contributed by atoms with E-state index in [1.54, 1.807) is 11.9 Å². The number of rotatable bonds is 4. The van der Waals surface area contributed by atoms with Gasteiger partial charge in [0.2, 0.25) is 5.91 Å². The first-order chi connectivity index (χ1) is 10.3. The zero-order valence-corrected chi connectivity index (χ0v) is 12.4. The molecule has 0 atom stereocenters. The minimum Gasteiger partial charge on any atom is -0.406 e. The molecule has 2 rings (SSSR count). The second-order valence-electron chi connectivity index (χ2n) is 5.34. The lowest BCUT2D eigenvalue weighted by atomic mass is 10.1. The molecule has 0 aliphatic carbocycles. The third-order valence-electron chi connectivity index (χ3n) is 3.59. The van der Waals surface area contributed by atoms with Crippen molar-refractivity contribution in [3.63, 3.8) is 0 Å². The van der Waals surface area contributed by atoms with Gasteiger partial charge in [0.05, 0.1) is 6.54 Å². The molecule has 0 aromatic heterocycles. The van der Waals surface area contributed by atoms with Crippen LogP contribution in [0.1, 0.15) is 19.3 Å². The van der Waals surface area contributed by atoms with Gasteiger partial charge in [0.15, 0.2) is 0 Å². The van der Waals surface area contributed by atoms with Crippen molar-refractivity contribution in [2.75, 3.05) is 31.6 Å². The number of hydrogen-bond donors (Lipinski definition) is 0. The number of piperidine rings is 1. The minimum absolute atomic E-state index is 0.0396. The molecule has 1 aliphatic rings. The number of halogens is 3. The number of carbonyl (C=O) groups is 1. The Bertz CT molecular complexity index is 497. The molecule has 1 saturated heterocycles. The molecule has 0 bridgehead atoms. The number of alkyl halides is 3. The number of hydrogen-bond acceptors (Lipinski definition) is 3. The van der Waals surface area contributed by atoms with Crippen LogP contribution in [-0.2, 0) is 4.79 Å². The van der Waals surface area contributed by atoms with Crippen molar-refractivity contribution in [2.24, 2.45) is 0 Å². The predicted molar refractivity (Wildman–Crippen MR) is 76.8 cm³/mol. The Morgan fingerprint density at radius 1 is 1.18 bits per heavy atom. The number of nitrogens with zero attached hydrogens (tertiary/aromatic N) is 2. The van der Waals surface area contributed by atoms with Crippen LogP contribution in [-0.4, -0.2) is 43.9 Å². The highest BCUT2D eigenvalue weighted by molar-refractivity contribution is 5.81. The van der Waals surface area contributed by atoms with Crippen molar-refractivity contribution in [2.45, 2.75) is 25.6 Å². The summed E-state index contributed by atoms with van der Waals surface area (Å²) in [4.78, 5) is 15.7. The van der Waals surface area contributed by atoms with Gasteiger partial charge >= 0.3 is 6.36 Å². The first-order valence-electron chi connectivity index (χ1n) is 7.20. The van der Waals surface area contributed by atoms with Gasteiger partial charge in [-0.05, 0) is 43.5 Å². The maximum absolute atomic E-state index is 12.1. The summed E-state index contributed by atoms with van der Waals surface area (Å²) in [6.45, 7) is 1.77. The highest BCUT2D eigenvalue weighted by atomic mass is 19.4. The Labute approximate surface area is 127 Å². The zero-order chi connectivity index (χ0) is 16.2. The topological polar surface area (TPSA) is 32.8 Å². The minimum atomic E-state index is -4.70. The van der Waals surface area contributed by atoms with Gasteiger partial charge in [0.25, 0.3) is 0 Å². The van der Waals surface area contributed by atoms with Crippen molar-refractivity contribution >= 4 is 11.6 Å². The van der Waals surface area contributed by atoms with Crippen LogP contribution in [0.5, 0.6) is 5.75 Å². The fraction of sp³-hybridized carbons (Fsp3) is 0.533. The molecule has 1 aromatic carbocycles. The van der Waals surface area contributed by atoms with E-state index in [-0.39, 0.29) is 18.2 Å². The Morgan fingerprint density at radius 2 is 1.77 bits per heavy atom. The van der Waals surface area contributed by atoms with Crippen LogP contribution in [0, 0.1) is 0 Å². The van der Waals surface area contributed by atoms with Gasteiger partial charge in [-0.1, -0.05) is 0 Å². The second-order valence-corrected chi connectivity index (χ2v) is 5.34. The summed E-state index contributed by atoms with van der Waals surface area (Å²) >= 11 is 0. The van der Waals surface area contributed by atoms with Crippen LogP contribution in [0.25, 0.3) is 0 Å². The normalized spacial score (nSPS) is 15.5. The van der Waals surface area contributed by atoms with E-state index in [9.17, 15) is 18.0 Å². The Kier molecular flexibility index (Phi) is 5.15. The summed E-state index contributed by atoms with van der Waals surface area (Å²) < 4.78 is 40.1. The second kappa shape index (κ2) is 6.89. The summed E-state index contributed by atoms with van der Waals surface area (Å²) in [6.07, 6.45) is -1.49. The lowest BCUT2D eigenvalue weighted by molar-refractivity contribution is -0.274. The average Bonchev–Trinajstić information content (AvgIpc) is 2.47. The van der Waals surface area contributed by atoms with Gasteiger partial charge in [0.1, 0.15) is 5.75 Å². The number of likely N-dealkylation sites (tertiary alicyclic amines) is 1. The maximum atomic E-state index is 12.1. The van der Waals surface area contributed by atoms with E-state index in [0.717, 1.165) is 32.4 Å². The highest BCUT2D eigenvalue weighted by Gasteiger charge is 2.31. The lowest BCUT2D eigenvalue weighted by Crippen LogP contribution is -2.41. The molecule has 122 valence electrons. The molecule has 4 nitrogen and oxygen atoms in total. The van der Waals surface area contributed by atoms with Crippen LogP contribution in [0.4, 0.5) is 18.9 Å². The third-order valence-corrected chi connectivity index (χ3v) is 3.59. The molecule has 1 aromatic rings. The van der Waals surface area contributed by atoms with Crippen LogP contribution in [0.2, 0.25) is 0 Å². The summed E-state index contributed by atoms with van der Waals surface area (Å²) in [5.74, 6) is -0.232. The number of amides is 1. The number of likely N-dealkylation sites (N-methyl/N-ethyl adjacent to an activating group) is 1. The molecule has 0 saturated carbocycles. The van der Waals surface area contributed by atoms with Gasteiger partial charge in [-0.3, -0.25) is 4.79 Å². The Hall–Kier alpha value is -1.92. The molecule has 1 amide bonds. The molecule has 0 spiro atoms.